The van der Waals surface area contributed by atoms with Crippen molar-refractivity contribution in [3.8, 4) is 28.4 Å². The first kappa shape index (κ1) is 18.5. The lowest BCUT2D eigenvalue weighted by molar-refractivity contribution is -0.384. The van der Waals surface area contributed by atoms with Crippen LogP contribution in [-0.2, 0) is 0 Å². The molecule has 1 heterocycles. The Morgan fingerprint density at radius 3 is 2.11 bits per heavy atom. The maximum Gasteiger partial charge on any atom is 0.344 e. The molecule has 9 heteroatoms. The monoisotopic (exact) mass is 391 g/mol. The highest BCUT2D eigenvalue weighted by Crippen LogP contribution is 2.48. The molecule has 3 aromatic rings. The van der Waals surface area contributed by atoms with Crippen LogP contribution in [0.2, 0.25) is 5.02 Å². The van der Waals surface area contributed by atoms with Gasteiger partial charge in [-0.3, -0.25) is 10.1 Å². The molecule has 0 saturated heterocycles. The van der Waals surface area contributed by atoms with E-state index in [4.69, 9.17) is 30.2 Å². The average molecular weight is 392 g/mol. The maximum absolute atomic E-state index is 12.5. The van der Waals surface area contributed by atoms with Gasteiger partial charge in [0.15, 0.2) is 17.1 Å². The van der Waals surface area contributed by atoms with Crippen LogP contribution in [0.25, 0.3) is 22.1 Å². The van der Waals surface area contributed by atoms with Crippen LogP contribution < -0.4 is 19.8 Å². The molecule has 0 unspecified atom stereocenters. The number of nitro groups is 1. The number of hydrogen-bond acceptors (Lipinski definition) is 7. The number of methoxy groups -OCH3 is 3. The fraction of sp³-hybridized carbons (Fsp3) is 0.167. The smallest absolute Gasteiger partial charge is 0.344 e. The van der Waals surface area contributed by atoms with Crippen LogP contribution in [0.5, 0.6) is 17.2 Å². The number of rotatable bonds is 5. The van der Waals surface area contributed by atoms with Crippen LogP contribution in [0.15, 0.2) is 39.5 Å². The zero-order valence-electron chi connectivity index (χ0n) is 14.6. The molecular formula is C18H14ClNO7. The lowest BCUT2D eigenvalue weighted by atomic mass is 10.0. The van der Waals surface area contributed by atoms with Crippen molar-refractivity contribution in [3.63, 3.8) is 0 Å². The zero-order chi connectivity index (χ0) is 19.7. The third-order valence-electron chi connectivity index (χ3n) is 4.01. The Morgan fingerprint density at radius 1 is 1.00 bits per heavy atom. The van der Waals surface area contributed by atoms with Gasteiger partial charge in [-0.25, -0.2) is 4.79 Å². The van der Waals surface area contributed by atoms with Crippen molar-refractivity contribution in [3.05, 3.63) is 55.9 Å². The second-order valence-electron chi connectivity index (χ2n) is 5.41. The Balaban J connectivity index is 2.33. The largest absolute Gasteiger partial charge is 0.494 e. The van der Waals surface area contributed by atoms with Crippen molar-refractivity contribution in [2.24, 2.45) is 0 Å². The molecule has 140 valence electrons. The van der Waals surface area contributed by atoms with Crippen LogP contribution in [-0.4, -0.2) is 26.3 Å². The summed E-state index contributed by atoms with van der Waals surface area (Å²) >= 11 is 6.34. The van der Waals surface area contributed by atoms with Gasteiger partial charge in [0.1, 0.15) is 5.02 Å². The number of fused-ring (bicyclic) bond motifs is 1. The maximum atomic E-state index is 12.5. The summed E-state index contributed by atoms with van der Waals surface area (Å²) in [7, 11) is 4.21. The molecule has 0 bridgehead atoms. The lowest BCUT2D eigenvalue weighted by Gasteiger charge is -2.15. The molecule has 0 N–H and O–H groups in total. The summed E-state index contributed by atoms with van der Waals surface area (Å²) in [5.74, 6) is 0.580. The first-order valence-electron chi connectivity index (χ1n) is 7.63. The minimum absolute atomic E-state index is 0.0871. The number of hydrogen-bond donors (Lipinski definition) is 0. The van der Waals surface area contributed by atoms with Crippen LogP contribution in [0, 0.1) is 10.1 Å². The van der Waals surface area contributed by atoms with Crippen molar-refractivity contribution in [2.75, 3.05) is 21.3 Å². The molecule has 0 spiro atoms. The Labute approximate surface area is 158 Å². The van der Waals surface area contributed by atoms with Gasteiger partial charge >= 0.3 is 5.63 Å². The zero-order valence-corrected chi connectivity index (χ0v) is 15.3. The van der Waals surface area contributed by atoms with E-state index in [0.717, 1.165) is 0 Å². The summed E-state index contributed by atoms with van der Waals surface area (Å²) in [4.78, 5) is 22.8. The number of non-ortho nitro benzene ring substituents is 1. The summed E-state index contributed by atoms with van der Waals surface area (Å²) in [5, 5.41) is 11.4. The fourth-order valence-corrected chi connectivity index (χ4v) is 3.11. The normalized spacial score (nSPS) is 10.7. The van der Waals surface area contributed by atoms with Crippen molar-refractivity contribution in [1.82, 2.24) is 0 Å². The number of ether oxygens (including phenoxy) is 3. The fourth-order valence-electron chi connectivity index (χ4n) is 2.76. The number of nitrogens with zero attached hydrogens (tertiary/aromatic N) is 1. The van der Waals surface area contributed by atoms with Crippen LogP contribution in [0.3, 0.4) is 0 Å². The molecule has 0 atom stereocenters. The highest BCUT2D eigenvalue weighted by atomic mass is 35.5. The van der Waals surface area contributed by atoms with Crippen LogP contribution >= 0.6 is 11.6 Å². The van der Waals surface area contributed by atoms with E-state index in [1.807, 2.05) is 0 Å². The van der Waals surface area contributed by atoms with Gasteiger partial charge in [-0.15, -0.1) is 0 Å². The summed E-state index contributed by atoms with van der Waals surface area (Å²) in [6.07, 6.45) is 0. The van der Waals surface area contributed by atoms with Crippen molar-refractivity contribution in [2.45, 2.75) is 0 Å². The van der Waals surface area contributed by atoms with E-state index in [0.29, 0.717) is 10.9 Å². The van der Waals surface area contributed by atoms with Crippen LogP contribution in [0.1, 0.15) is 0 Å². The standard InChI is InChI=1S/C18H14ClNO7/c1-24-14-12-8-11(9-4-6-10(7-5-9)20(22)23)18(21)27-15(12)17(26-3)16(25-2)13(14)19/h4-8H,1-3H3. The minimum atomic E-state index is -0.652. The van der Waals surface area contributed by atoms with E-state index < -0.39 is 10.5 Å². The lowest BCUT2D eigenvalue weighted by Crippen LogP contribution is -2.05. The molecular weight excluding hydrogens is 378 g/mol. The predicted octanol–water partition coefficient (Wildman–Crippen LogP) is 4.05. The van der Waals surface area contributed by atoms with E-state index in [2.05, 4.69) is 0 Å². The van der Waals surface area contributed by atoms with Gasteiger partial charge in [0.25, 0.3) is 5.69 Å². The van der Waals surface area contributed by atoms with Gasteiger partial charge in [-0.2, -0.15) is 0 Å². The first-order valence-corrected chi connectivity index (χ1v) is 8.00. The van der Waals surface area contributed by atoms with Gasteiger partial charge < -0.3 is 18.6 Å². The molecule has 0 fully saturated rings. The molecule has 0 aliphatic rings. The Bertz CT molecular complexity index is 1090. The molecule has 3 rings (SSSR count). The third kappa shape index (κ3) is 3.04. The van der Waals surface area contributed by atoms with Crippen molar-refractivity contribution >= 4 is 28.3 Å². The quantitative estimate of drug-likeness (QED) is 0.367. The minimum Gasteiger partial charge on any atom is -0.494 e. The number of benzene rings is 2. The summed E-state index contributed by atoms with van der Waals surface area (Å²) in [5.41, 5.74) is 0.0199. The predicted molar refractivity (Wildman–Crippen MR) is 99.2 cm³/mol. The third-order valence-corrected chi connectivity index (χ3v) is 4.35. The van der Waals surface area contributed by atoms with E-state index in [-0.39, 0.29) is 39.1 Å². The van der Waals surface area contributed by atoms with E-state index in [9.17, 15) is 14.9 Å². The Kier molecular flexibility index (Phi) is 4.91. The molecule has 0 amide bonds. The second kappa shape index (κ2) is 7.16. The van der Waals surface area contributed by atoms with Gasteiger partial charge in [0.05, 0.1) is 37.2 Å². The van der Waals surface area contributed by atoms with E-state index in [1.165, 1.54) is 51.7 Å². The summed E-state index contributed by atoms with van der Waals surface area (Å²) in [6, 6.07) is 7.07. The molecule has 2 aromatic carbocycles. The van der Waals surface area contributed by atoms with Crippen molar-refractivity contribution < 1.29 is 23.6 Å². The van der Waals surface area contributed by atoms with Gasteiger partial charge in [0, 0.05) is 12.1 Å². The molecule has 8 nitrogen and oxygen atoms in total. The number of halogens is 1. The molecule has 27 heavy (non-hydrogen) atoms. The van der Waals surface area contributed by atoms with Gasteiger partial charge in [0.2, 0.25) is 5.75 Å². The topological polar surface area (TPSA) is 101 Å². The molecule has 0 aliphatic carbocycles. The van der Waals surface area contributed by atoms with E-state index >= 15 is 0 Å². The second-order valence-corrected chi connectivity index (χ2v) is 5.79. The van der Waals surface area contributed by atoms with E-state index in [1.54, 1.807) is 0 Å². The summed E-state index contributed by atoms with van der Waals surface area (Å²) < 4.78 is 21.4. The number of nitro benzene ring substituents is 1. The molecule has 1 aromatic heterocycles. The SMILES string of the molecule is COc1c(Cl)c(OC)c2cc(-c3ccc([N+](=O)[O-])cc3)c(=O)oc2c1OC. The average Bonchev–Trinajstić information content (AvgIpc) is 2.67. The Morgan fingerprint density at radius 2 is 1.59 bits per heavy atom. The highest BCUT2D eigenvalue weighted by Gasteiger charge is 2.24. The molecule has 0 saturated carbocycles. The van der Waals surface area contributed by atoms with Crippen molar-refractivity contribution in [1.29, 1.82) is 0 Å². The van der Waals surface area contributed by atoms with Crippen LogP contribution in [0.4, 0.5) is 5.69 Å². The van der Waals surface area contributed by atoms with Gasteiger partial charge in [-0.05, 0) is 23.8 Å². The summed E-state index contributed by atoms with van der Waals surface area (Å²) in [6.45, 7) is 0. The first-order chi connectivity index (χ1) is 12.9. The van der Waals surface area contributed by atoms with Gasteiger partial charge in [-0.1, -0.05) is 11.6 Å². The Hall–Kier alpha value is -3.26. The molecule has 0 radical (unpaired) electrons. The molecule has 0 aliphatic heterocycles. The highest BCUT2D eigenvalue weighted by molar-refractivity contribution is 6.35.